The molecule has 1 rings (SSSR count). The van der Waals surface area contributed by atoms with Gasteiger partial charge in [-0.25, -0.2) is 0 Å². The monoisotopic (exact) mass is 470 g/mol. The van der Waals surface area contributed by atoms with Crippen LogP contribution >= 0.6 is 0 Å². The first-order valence-electron chi connectivity index (χ1n) is 13.1. The molecule has 0 aliphatic heterocycles. The van der Waals surface area contributed by atoms with Crippen LogP contribution in [0.2, 0.25) is 0 Å². The summed E-state index contributed by atoms with van der Waals surface area (Å²) in [5.74, 6) is 1.41. The molecule has 1 aliphatic carbocycles. The van der Waals surface area contributed by atoms with Gasteiger partial charge in [0.2, 0.25) is 0 Å². The van der Waals surface area contributed by atoms with E-state index in [1.54, 1.807) is 5.57 Å². The van der Waals surface area contributed by atoms with E-state index in [9.17, 15) is 0 Å². The highest BCUT2D eigenvalue weighted by atomic mass is 14.4. The summed E-state index contributed by atoms with van der Waals surface area (Å²) in [7, 11) is 0. The third-order valence-corrected chi connectivity index (χ3v) is 7.19. The smallest absolute Gasteiger partial charge is 0.0101 e. The van der Waals surface area contributed by atoms with E-state index in [4.69, 9.17) is 0 Å². The van der Waals surface area contributed by atoms with Gasteiger partial charge in [-0.2, -0.15) is 0 Å². The van der Waals surface area contributed by atoms with Gasteiger partial charge in [-0.1, -0.05) is 140 Å². The standard InChI is InChI=1S/C35H50/c1-26(2)30(6)22-15-14-19-27(3)17-12-13-18-28(4)20-16-21-29(5)23-24-34-33(9)32(8)31(7)25-35(34,10)11/h12-24,31-32H,25H2,1-11H3/b13-12+,19-14+,20-16+,22-15?,24-23+,27-17+,28-18+,29-21+. The molecule has 35 heavy (non-hydrogen) atoms. The molecule has 0 bridgehead atoms. The Kier molecular flexibility index (Phi) is 12.8. The van der Waals surface area contributed by atoms with Gasteiger partial charge in [0, 0.05) is 0 Å². The van der Waals surface area contributed by atoms with Crippen molar-refractivity contribution in [3.63, 3.8) is 0 Å². The summed E-state index contributed by atoms with van der Waals surface area (Å²) >= 11 is 0. The quantitative estimate of drug-likeness (QED) is 0.294. The molecule has 0 radical (unpaired) electrons. The lowest BCUT2D eigenvalue weighted by atomic mass is 9.65. The van der Waals surface area contributed by atoms with E-state index in [0.717, 1.165) is 5.92 Å². The molecule has 0 spiro atoms. The Morgan fingerprint density at radius 1 is 0.686 bits per heavy atom. The highest BCUT2D eigenvalue weighted by Crippen LogP contribution is 2.46. The van der Waals surface area contributed by atoms with E-state index < -0.39 is 0 Å². The lowest BCUT2D eigenvalue weighted by Crippen LogP contribution is -2.29. The van der Waals surface area contributed by atoms with Crippen molar-refractivity contribution in [2.24, 2.45) is 17.3 Å². The van der Waals surface area contributed by atoms with Crippen LogP contribution in [0, 0.1) is 17.3 Å². The van der Waals surface area contributed by atoms with Crippen LogP contribution in [-0.4, -0.2) is 0 Å². The molecule has 0 aromatic rings. The normalized spacial score (nSPS) is 22.7. The summed E-state index contributed by atoms with van der Waals surface area (Å²) < 4.78 is 0. The van der Waals surface area contributed by atoms with E-state index in [1.807, 2.05) is 0 Å². The van der Waals surface area contributed by atoms with Gasteiger partial charge >= 0.3 is 0 Å². The molecule has 0 heterocycles. The zero-order valence-electron chi connectivity index (χ0n) is 24.4. The fourth-order valence-electron chi connectivity index (χ4n) is 4.38. The van der Waals surface area contributed by atoms with Gasteiger partial charge in [0.05, 0.1) is 0 Å². The maximum Gasteiger partial charge on any atom is -0.0101 e. The molecule has 0 heteroatoms. The van der Waals surface area contributed by atoms with Crippen LogP contribution in [0.1, 0.15) is 82.6 Å². The Bertz CT molecular complexity index is 1010. The first-order valence-corrected chi connectivity index (χ1v) is 13.1. The molecule has 0 aromatic heterocycles. The van der Waals surface area contributed by atoms with Crippen LogP contribution in [-0.2, 0) is 0 Å². The fourth-order valence-corrected chi connectivity index (χ4v) is 4.38. The highest BCUT2D eigenvalue weighted by molar-refractivity contribution is 5.38. The van der Waals surface area contributed by atoms with E-state index >= 15 is 0 Å². The van der Waals surface area contributed by atoms with E-state index in [-0.39, 0.29) is 5.41 Å². The summed E-state index contributed by atoms with van der Waals surface area (Å²) in [6.45, 7) is 24.7. The predicted octanol–water partition coefficient (Wildman–Crippen LogP) is 11.0. The minimum Gasteiger partial charge on any atom is -0.0735 e. The number of allylic oxidation sites excluding steroid dienone is 20. The van der Waals surface area contributed by atoms with Gasteiger partial charge in [-0.05, 0) is 77.7 Å². The van der Waals surface area contributed by atoms with Crippen LogP contribution in [0.5, 0.6) is 0 Å². The zero-order chi connectivity index (χ0) is 26.6. The molecule has 0 nitrogen and oxygen atoms in total. The van der Waals surface area contributed by atoms with Crippen molar-refractivity contribution in [3.8, 4) is 0 Å². The molecule has 1 aliphatic rings. The molecule has 0 saturated carbocycles. The van der Waals surface area contributed by atoms with Gasteiger partial charge in [-0.15, -0.1) is 0 Å². The SMILES string of the molecule is CC(C)=C(C)C=C/C=C/C(C)=C/C=C/C=C(C)/C=C/C=C(C)/C=C/C1=C(C)C(C)C(C)CC1(C)C. The maximum absolute atomic E-state index is 2.39. The summed E-state index contributed by atoms with van der Waals surface area (Å²) in [5.41, 5.74) is 9.70. The van der Waals surface area contributed by atoms with Crippen LogP contribution in [0.3, 0.4) is 0 Å². The largest absolute Gasteiger partial charge is 0.0735 e. The molecule has 2 atom stereocenters. The summed E-state index contributed by atoms with van der Waals surface area (Å²) in [4.78, 5) is 0. The first-order chi connectivity index (χ1) is 16.3. The summed E-state index contributed by atoms with van der Waals surface area (Å²) in [5, 5.41) is 0. The van der Waals surface area contributed by atoms with Crippen LogP contribution in [0.25, 0.3) is 0 Å². The second kappa shape index (κ2) is 14.7. The van der Waals surface area contributed by atoms with Crippen molar-refractivity contribution in [1.82, 2.24) is 0 Å². The molecule has 0 aromatic carbocycles. The number of rotatable bonds is 9. The second-order valence-electron chi connectivity index (χ2n) is 11.2. The van der Waals surface area contributed by atoms with Crippen molar-refractivity contribution < 1.29 is 0 Å². The van der Waals surface area contributed by atoms with Crippen LogP contribution < -0.4 is 0 Å². The van der Waals surface area contributed by atoms with Gasteiger partial charge in [0.1, 0.15) is 0 Å². The molecular formula is C35H50. The van der Waals surface area contributed by atoms with E-state index in [2.05, 4.69) is 155 Å². The van der Waals surface area contributed by atoms with Gasteiger partial charge < -0.3 is 0 Å². The Morgan fingerprint density at radius 3 is 1.74 bits per heavy atom. The maximum atomic E-state index is 2.39. The molecule has 0 saturated heterocycles. The molecule has 2 unspecified atom stereocenters. The fraction of sp³-hybridized carbons (Fsp3) is 0.429. The summed E-state index contributed by atoms with van der Waals surface area (Å²) in [6.07, 6.45) is 29.3. The van der Waals surface area contributed by atoms with Crippen molar-refractivity contribution >= 4 is 0 Å². The van der Waals surface area contributed by atoms with Gasteiger partial charge in [0.25, 0.3) is 0 Å². The topological polar surface area (TPSA) is 0 Å². The molecule has 190 valence electrons. The minimum atomic E-state index is 0.248. The zero-order valence-corrected chi connectivity index (χ0v) is 24.4. The minimum absolute atomic E-state index is 0.248. The lowest BCUT2D eigenvalue weighted by molar-refractivity contribution is 0.256. The molecule has 0 fully saturated rings. The van der Waals surface area contributed by atoms with Crippen molar-refractivity contribution in [1.29, 1.82) is 0 Å². The summed E-state index contributed by atoms with van der Waals surface area (Å²) in [6, 6.07) is 0. The Balaban J connectivity index is 2.71. The van der Waals surface area contributed by atoms with E-state index in [0.29, 0.717) is 5.92 Å². The Labute approximate surface area is 217 Å². The lowest BCUT2D eigenvalue weighted by Gasteiger charge is -2.40. The van der Waals surface area contributed by atoms with Gasteiger partial charge in [-0.3, -0.25) is 0 Å². The average molecular weight is 471 g/mol. The third-order valence-electron chi connectivity index (χ3n) is 7.19. The van der Waals surface area contributed by atoms with Crippen molar-refractivity contribution in [2.75, 3.05) is 0 Å². The number of hydrogen-bond acceptors (Lipinski definition) is 0. The van der Waals surface area contributed by atoms with E-state index in [1.165, 1.54) is 39.9 Å². The average Bonchev–Trinajstić information content (AvgIpc) is 2.77. The van der Waals surface area contributed by atoms with Gasteiger partial charge in [0.15, 0.2) is 0 Å². The van der Waals surface area contributed by atoms with Crippen molar-refractivity contribution in [2.45, 2.75) is 82.6 Å². The van der Waals surface area contributed by atoms with Crippen molar-refractivity contribution in [3.05, 3.63) is 118 Å². The first kappa shape index (κ1) is 30.4. The molecule has 0 amide bonds. The number of hydrogen-bond donors (Lipinski definition) is 0. The second-order valence-corrected chi connectivity index (χ2v) is 11.2. The van der Waals surface area contributed by atoms with Crippen LogP contribution in [0.4, 0.5) is 0 Å². The van der Waals surface area contributed by atoms with Crippen LogP contribution in [0.15, 0.2) is 118 Å². The Morgan fingerprint density at radius 2 is 1.17 bits per heavy atom. The predicted molar refractivity (Wildman–Crippen MR) is 160 cm³/mol. The highest BCUT2D eigenvalue weighted by Gasteiger charge is 2.34. The third kappa shape index (κ3) is 11.1. The Hall–Kier alpha value is -2.60. The molecular weight excluding hydrogens is 420 g/mol. The molecule has 0 N–H and O–H groups in total.